The molecule has 0 aliphatic carbocycles. The molecular formula is C83H145N3O39. The molecule has 6 saturated heterocycles. The Hall–Kier alpha value is -4.48. The van der Waals surface area contributed by atoms with Gasteiger partial charge in [0.05, 0.1) is 88.8 Å². The molecular weight excluding hydrogens is 1660 g/mol. The number of allylic oxidation sites excluding steroid dienone is 1. The average molecular weight is 1810 g/mol. The molecule has 42 nitrogen and oxygen atoms in total. The van der Waals surface area contributed by atoms with Crippen LogP contribution in [-0.2, 0) is 85.6 Å². The highest BCUT2D eigenvalue weighted by Gasteiger charge is 2.64. The highest BCUT2D eigenvalue weighted by molar-refractivity contribution is 5.78. The van der Waals surface area contributed by atoms with Crippen LogP contribution in [0.25, 0.3) is 0 Å². The molecule has 0 saturated carbocycles. The Bertz CT molecular complexity index is 3160. The largest absolute Gasteiger partial charge is 0.477 e. The molecule has 0 aromatic rings. The number of carboxylic acids is 2. The van der Waals surface area contributed by atoms with Gasteiger partial charge < -0.3 is 185 Å². The lowest BCUT2D eigenvalue weighted by atomic mass is 9.86. The van der Waals surface area contributed by atoms with Crippen LogP contribution in [0.4, 0.5) is 0 Å². The van der Waals surface area contributed by atoms with E-state index >= 15 is 0 Å². The van der Waals surface area contributed by atoms with Gasteiger partial charge in [0.25, 0.3) is 11.6 Å². The third kappa shape index (κ3) is 31.6. The molecule has 0 radical (unpaired) electrons. The minimum absolute atomic E-state index is 0.0879. The molecule has 24 N–H and O–H groups in total. The summed E-state index contributed by atoms with van der Waals surface area (Å²) >= 11 is 0. The van der Waals surface area contributed by atoms with E-state index in [-0.39, 0.29) is 6.42 Å². The summed E-state index contributed by atoms with van der Waals surface area (Å²) in [5, 5.41) is 245. The van der Waals surface area contributed by atoms with E-state index in [2.05, 4.69) is 29.8 Å². The maximum absolute atomic E-state index is 14.4. The number of nitrogens with one attached hydrogen (secondary N) is 3. The molecule has 6 rings (SSSR count). The van der Waals surface area contributed by atoms with Gasteiger partial charge in [0.15, 0.2) is 25.2 Å². The van der Waals surface area contributed by atoms with E-state index in [1.807, 2.05) is 0 Å². The van der Waals surface area contributed by atoms with Crippen molar-refractivity contribution in [3.63, 3.8) is 0 Å². The molecule has 42 heteroatoms. The number of rotatable bonds is 58. The molecule has 3 amide bonds. The number of ether oxygens (including phenoxy) is 12. The number of aliphatic hydroxyl groups excluding tert-OH is 19. The number of ketones is 1. The minimum atomic E-state index is -3.68. The molecule has 0 bridgehead atoms. The van der Waals surface area contributed by atoms with Gasteiger partial charge in [-0.3, -0.25) is 14.4 Å². The molecule has 125 heavy (non-hydrogen) atoms. The van der Waals surface area contributed by atoms with Crippen LogP contribution in [0.5, 0.6) is 0 Å². The van der Waals surface area contributed by atoms with E-state index in [1.165, 1.54) is 89.5 Å². The van der Waals surface area contributed by atoms with Crippen LogP contribution in [0.1, 0.15) is 221 Å². The lowest BCUT2D eigenvalue weighted by Gasteiger charge is -2.53. The van der Waals surface area contributed by atoms with E-state index in [4.69, 9.17) is 56.8 Å². The van der Waals surface area contributed by atoms with Crippen molar-refractivity contribution >= 4 is 35.4 Å². The Kier molecular flexibility index (Phi) is 48.2. The maximum Gasteiger partial charge on any atom is 0.364 e. The van der Waals surface area contributed by atoms with Crippen LogP contribution in [-0.4, -0.2) is 390 Å². The van der Waals surface area contributed by atoms with Crippen molar-refractivity contribution < 1.29 is 193 Å². The molecule has 0 spiro atoms. The average Bonchev–Trinajstić information content (AvgIpc) is 0.744. The molecule has 0 aromatic heterocycles. The number of hydrogen-bond acceptors (Lipinski definition) is 37. The van der Waals surface area contributed by atoms with Gasteiger partial charge >= 0.3 is 11.9 Å². The van der Waals surface area contributed by atoms with Gasteiger partial charge in [-0.2, -0.15) is 0 Å². The fourth-order valence-electron chi connectivity index (χ4n) is 16.8. The first-order valence-corrected chi connectivity index (χ1v) is 44.4. The van der Waals surface area contributed by atoms with Gasteiger partial charge in [0, 0.05) is 45.4 Å². The Morgan fingerprint density at radius 1 is 0.456 bits per heavy atom. The second kappa shape index (κ2) is 55.1. The van der Waals surface area contributed by atoms with Crippen molar-refractivity contribution in [1.82, 2.24) is 16.0 Å². The van der Waals surface area contributed by atoms with Gasteiger partial charge in [-0.05, 0) is 26.2 Å². The predicted molar refractivity (Wildman–Crippen MR) is 432 cm³/mol. The lowest BCUT2D eigenvalue weighted by molar-refractivity contribution is -0.407. The van der Waals surface area contributed by atoms with E-state index in [0.29, 0.717) is 12.8 Å². The van der Waals surface area contributed by atoms with Crippen LogP contribution in [0.2, 0.25) is 0 Å². The number of amides is 3. The molecule has 34 atom stereocenters. The monoisotopic (exact) mass is 1810 g/mol. The summed E-state index contributed by atoms with van der Waals surface area (Å²) in [6.07, 6.45) is -34.8. The summed E-state index contributed by atoms with van der Waals surface area (Å²) in [5.74, 6) is -16.5. The van der Waals surface area contributed by atoms with Crippen LogP contribution in [0.15, 0.2) is 12.2 Å². The predicted octanol–water partition coefficient (Wildman–Crippen LogP) is -3.56. The Morgan fingerprint density at radius 2 is 0.888 bits per heavy atom. The summed E-state index contributed by atoms with van der Waals surface area (Å²) < 4.78 is 72.4. The van der Waals surface area contributed by atoms with Crippen molar-refractivity contribution in [3.05, 3.63) is 12.2 Å². The number of carbonyl (C=O) groups excluding carboxylic acids is 4. The molecule has 34 unspecified atom stereocenters. The number of hydrogen-bond donors (Lipinski definition) is 24. The summed E-state index contributed by atoms with van der Waals surface area (Å²) in [7, 11) is 0. The number of carboxylic acid groups (broad SMARTS) is 2. The minimum Gasteiger partial charge on any atom is -0.477 e. The van der Waals surface area contributed by atoms with Crippen molar-refractivity contribution in [2.45, 2.75) is 422 Å². The van der Waals surface area contributed by atoms with Crippen molar-refractivity contribution in [2.75, 3.05) is 46.2 Å². The topological polar surface area (TPSA) is 674 Å². The van der Waals surface area contributed by atoms with Gasteiger partial charge in [-0.1, -0.05) is 167 Å². The first-order valence-electron chi connectivity index (χ1n) is 44.4. The quantitative estimate of drug-likeness (QED) is 0.0207. The third-order valence-corrected chi connectivity index (χ3v) is 23.9. The maximum atomic E-state index is 14.4. The summed E-state index contributed by atoms with van der Waals surface area (Å²) in [6.45, 7) is -0.814. The molecule has 6 heterocycles. The highest BCUT2D eigenvalue weighted by atomic mass is 16.8. The Labute approximate surface area is 728 Å². The smallest absolute Gasteiger partial charge is 0.364 e. The SMILES string of the molecule is CCCCCCCCCCCCCC=CC(O)C(COC1OC(CO)C(OC2OC(CO)C(OC3OC(CO)C(O)C(OC4OC(CO)C(O)C(O)C4O)C3CC(C)=O)C(OC3(C(=O)O)CC(O)C(NC(C)=O)C(C(O)C(CO)OC4(C(=O)O)CC(O)C(NC(C)=O)C(C(O)C(O)CO)O4)O3)C2O)C(O)C1O)NC(=O)CCCCCCCCCCCCCCC. The van der Waals surface area contributed by atoms with E-state index in [0.717, 1.165) is 85.0 Å². The van der Waals surface area contributed by atoms with Gasteiger partial charge in [-0.25, -0.2) is 9.59 Å². The third-order valence-electron chi connectivity index (χ3n) is 23.9. The summed E-state index contributed by atoms with van der Waals surface area (Å²) in [4.78, 5) is 80.4. The zero-order valence-electron chi connectivity index (χ0n) is 72.3. The molecule has 726 valence electrons. The Balaban J connectivity index is 1.35. The van der Waals surface area contributed by atoms with Crippen molar-refractivity contribution in [3.8, 4) is 0 Å². The van der Waals surface area contributed by atoms with Crippen LogP contribution >= 0.6 is 0 Å². The van der Waals surface area contributed by atoms with Gasteiger partial charge in [0.2, 0.25) is 17.7 Å². The molecule has 6 aliphatic heterocycles. The fraction of sp³-hybridized carbons (Fsp3) is 0.904. The van der Waals surface area contributed by atoms with Crippen molar-refractivity contribution in [1.29, 1.82) is 0 Å². The first kappa shape index (κ1) is 109. The number of Topliss-reactive ketones (excluding diaryl/α,β-unsaturated/α-hetero) is 1. The Morgan fingerprint density at radius 3 is 1.38 bits per heavy atom. The summed E-state index contributed by atoms with van der Waals surface area (Å²) in [5.41, 5.74) is 0. The number of aliphatic hydroxyl groups is 19. The summed E-state index contributed by atoms with van der Waals surface area (Å²) in [6, 6.07) is -5.10. The van der Waals surface area contributed by atoms with Gasteiger partial charge in [-0.15, -0.1) is 0 Å². The number of aliphatic carboxylic acids is 2. The number of carbonyl (C=O) groups is 6. The van der Waals surface area contributed by atoms with E-state index < -0.39 is 308 Å². The van der Waals surface area contributed by atoms with E-state index in [1.54, 1.807) is 6.08 Å². The standard InChI is InChI=1S/C83H145N3O39/c1-6-8-10-12-14-16-18-20-22-24-26-28-30-32-49(96)48(86-58(100)33-31-29-27-25-23-21-19-17-15-13-11-9-7-2)43-114-77-68(108)66(106)71(56(41-91)117-77)120-79-69(109)75(72(57(42-92)118-79)121-76-47(34-44(3)93)70(63(103)54(39-89)115-76)119-78-67(107)65(105)62(102)53(38-88)116-78)125-83(81(112)113)36-51(98)60(85-46(5)95)74(124-83)64(104)55(40-90)122-82(80(110)111)35-50(97)59(84-45(4)94)73(123-82)61(101)52(99)37-87/h30,32,47-57,59-79,87-92,96-99,101-109H,6-29,31,33-43H2,1-5H3,(H,84,94)(H,85,95)(H,86,100)(H,110,111)(H,112,113). The van der Waals surface area contributed by atoms with Crippen molar-refractivity contribution in [2.24, 2.45) is 5.92 Å². The molecule has 0 aromatic carbocycles. The first-order chi connectivity index (χ1) is 59.6. The normalized spacial score (nSPS) is 35.5. The fourth-order valence-corrected chi connectivity index (χ4v) is 16.8. The van der Waals surface area contributed by atoms with Crippen LogP contribution < -0.4 is 16.0 Å². The number of unbranched alkanes of at least 4 members (excludes halogenated alkanes) is 23. The zero-order chi connectivity index (χ0) is 92.4. The molecule has 6 fully saturated rings. The highest BCUT2D eigenvalue weighted by Crippen LogP contribution is 2.44. The van der Waals surface area contributed by atoms with Crippen LogP contribution in [0, 0.1) is 5.92 Å². The lowest BCUT2D eigenvalue weighted by Crippen LogP contribution is -2.72. The second-order valence-electron chi connectivity index (χ2n) is 33.9. The second-order valence-corrected chi connectivity index (χ2v) is 33.9. The molecule has 6 aliphatic rings. The van der Waals surface area contributed by atoms with E-state index in [9.17, 15) is 136 Å². The zero-order valence-corrected chi connectivity index (χ0v) is 72.3. The van der Waals surface area contributed by atoms with Gasteiger partial charge in [0.1, 0.15) is 128 Å². The van der Waals surface area contributed by atoms with Crippen LogP contribution in [0.3, 0.4) is 0 Å².